The van der Waals surface area contributed by atoms with Crippen LogP contribution in [0.25, 0.3) is 0 Å². The molecule has 3 aromatic carbocycles. The first kappa shape index (κ1) is 31.3. The van der Waals surface area contributed by atoms with Crippen molar-refractivity contribution in [3.8, 4) is 6.07 Å². The van der Waals surface area contributed by atoms with Crippen LogP contribution in [0.2, 0.25) is 10.0 Å². The van der Waals surface area contributed by atoms with E-state index in [1.165, 1.54) is 25.2 Å². The Balaban J connectivity index is 1.83. The Morgan fingerprint density at radius 3 is 2.34 bits per heavy atom. The fourth-order valence-corrected chi connectivity index (χ4v) is 4.61. The van der Waals surface area contributed by atoms with Crippen LogP contribution < -0.4 is 16.0 Å². The average Bonchev–Trinajstić information content (AvgIpc) is 2.95. The van der Waals surface area contributed by atoms with E-state index in [0.29, 0.717) is 27.3 Å². The number of carbonyl (C=O) groups excluding carboxylic acids is 3. The summed E-state index contributed by atoms with van der Waals surface area (Å²) >= 11 is 12.4. The zero-order valence-corrected chi connectivity index (χ0v) is 23.7. The summed E-state index contributed by atoms with van der Waals surface area (Å²) in [6.07, 6.45) is 0.0136. The van der Waals surface area contributed by atoms with Gasteiger partial charge in [-0.2, -0.15) is 5.26 Å². The van der Waals surface area contributed by atoms with E-state index in [-0.39, 0.29) is 42.3 Å². The molecule has 0 unspecified atom stereocenters. The molecule has 0 aliphatic heterocycles. The molecule has 0 bridgehead atoms. The smallest absolute Gasteiger partial charge is 0.265 e. The van der Waals surface area contributed by atoms with E-state index in [1.54, 1.807) is 48.5 Å². The van der Waals surface area contributed by atoms with Crippen LogP contribution in [0.3, 0.4) is 0 Å². The molecule has 0 fully saturated rings. The lowest BCUT2D eigenvalue weighted by Crippen LogP contribution is -2.53. The lowest BCUT2D eigenvalue weighted by Gasteiger charge is -2.24. The highest BCUT2D eigenvalue weighted by atomic mass is 35.5. The molecule has 3 amide bonds. The molecule has 0 aromatic heterocycles. The second kappa shape index (κ2) is 14.9. The zero-order chi connectivity index (χ0) is 29.9. The van der Waals surface area contributed by atoms with Gasteiger partial charge >= 0.3 is 0 Å². The zero-order valence-electron chi connectivity index (χ0n) is 22.1. The predicted molar refractivity (Wildman–Crippen MR) is 155 cm³/mol. The molecule has 41 heavy (non-hydrogen) atoms. The van der Waals surface area contributed by atoms with Crippen LogP contribution >= 0.6 is 23.2 Å². The summed E-state index contributed by atoms with van der Waals surface area (Å²) in [4.78, 5) is 38.8. The molecule has 2 atom stereocenters. The van der Waals surface area contributed by atoms with E-state index in [2.05, 4.69) is 16.0 Å². The van der Waals surface area contributed by atoms with Gasteiger partial charge in [0.2, 0.25) is 11.8 Å². The number of rotatable bonds is 12. The Labute approximate surface area is 247 Å². The normalized spacial score (nSPS) is 12.0. The van der Waals surface area contributed by atoms with Gasteiger partial charge in [0.15, 0.2) is 0 Å². The summed E-state index contributed by atoms with van der Waals surface area (Å²) in [6.45, 7) is 0. The molecule has 11 heteroatoms. The van der Waals surface area contributed by atoms with Crippen molar-refractivity contribution in [1.29, 1.82) is 10.7 Å². The van der Waals surface area contributed by atoms with Gasteiger partial charge in [-0.1, -0.05) is 59.6 Å². The quantitative estimate of drug-likeness (QED) is 0.234. The maximum atomic E-state index is 13.6. The van der Waals surface area contributed by atoms with Crippen molar-refractivity contribution >= 4 is 46.6 Å². The number of benzene rings is 3. The molecule has 212 valence electrons. The van der Waals surface area contributed by atoms with Crippen molar-refractivity contribution < 1.29 is 18.8 Å². The van der Waals surface area contributed by atoms with Crippen LogP contribution in [-0.2, 0) is 33.6 Å². The predicted octanol–water partition coefficient (Wildman–Crippen LogP) is 4.16. The summed E-state index contributed by atoms with van der Waals surface area (Å²) in [5.74, 6) is -2.14. The van der Waals surface area contributed by atoms with Crippen LogP contribution in [0.4, 0.5) is 4.39 Å². The second-order valence-electron chi connectivity index (χ2n) is 9.30. The largest absolute Gasteiger partial charge is 0.359 e. The topological polar surface area (TPSA) is 135 Å². The van der Waals surface area contributed by atoms with Crippen molar-refractivity contribution in [1.82, 2.24) is 16.0 Å². The van der Waals surface area contributed by atoms with Gasteiger partial charge in [-0.05, 0) is 53.4 Å². The number of nitriles is 1. The van der Waals surface area contributed by atoms with Crippen molar-refractivity contribution in [2.75, 3.05) is 7.05 Å². The maximum Gasteiger partial charge on any atom is 0.265 e. The Morgan fingerprint density at radius 2 is 1.68 bits per heavy atom. The molecule has 4 N–H and O–H groups in total. The average molecular weight is 596 g/mol. The van der Waals surface area contributed by atoms with Gasteiger partial charge < -0.3 is 16.0 Å². The molecule has 0 heterocycles. The van der Waals surface area contributed by atoms with Gasteiger partial charge in [0.05, 0.1) is 11.6 Å². The van der Waals surface area contributed by atoms with Crippen LogP contribution in [-0.4, -0.2) is 42.6 Å². The number of nitrogens with one attached hydrogen (secondary N) is 4. The fourth-order valence-electron chi connectivity index (χ4n) is 4.12. The highest BCUT2D eigenvalue weighted by Crippen LogP contribution is 2.22. The van der Waals surface area contributed by atoms with E-state index in [9.17, 15) is 24.0 Å². The lowest BCUT2D eigenvalue weighted by atomic mass is 10.00. The highest BCUT2D eigenvalue weighted by molar-refractivity contribution is 6.38. The monoisotopic (exact) mass is 595 g/mol. The second-order valence-corrected chi connectivity index (χ2v) is 10.1. The summed E-state index contributed by atoms with van der Waals surface area (Å²) in [6, 6.07) is 17.2. The molecule has 0 aliphatic rings. The Bertz CT molecular complexity index is 1470. The first-order valence-corrected chi connectivity index (χ1v) is 13.4. The fraction of sp³-hybridized carbons (Fsp3) is 0.233. The third-order valence-electron chi connectivity index (χ3n) is 6.29. The van der Waals surface area contributed by atoms with Crippen molar-refractivity contribution in [3.63, 3.8) is 0 Å². The number of hydrogen-bond donors (Lipinski definition) is 4. The highest BCUT2D eigenvalue weighted by Gasteiger charge is 2.27. The third kappa shape index (κ3) is 9.41. The molecule has 8 nitrogen and oxygen atoms in total. The summed E-state index contributed by atoms with van der Waals surface area (Å²) in [5.41, 5.74) is 1.71. The van der Waals surface area contributed by atoms with Crippen LogP contribution in [0.5, 0.6) is 0 Å². The molecule has 0 saturated carbocycles. The van der Waals surface area contributed by atoms with Crippen LogP contribution in [0, 0.1) is 22.6 Å². The van der Waals surface area contributed by atoms with Gasteiger partial charge in [0, 0.05) is 42.4 Å². The van der Waals surface area contributed by atoms with Crippen molar-refractivity contribution in [3.05, 3.63) is 105 Å². The SMILES string of the molecule is CNC(=O)C[C@H](Cc1ccc(F)cc1)NC(=O)[C@@H](Cc1ccc(Cl)cc1Cl)NC(=O)C(=N)Cc1ccccc1C#N. The van der Waals surface area contributed by atoms with Crippen molar-refractivity contribution in [2.24, 2.45) is 0 Å². The van der Waals surface area contributed by atoms with E-state index in [0.717, 1.165) is 0 Å². The molecule has 0 saturated heterocycles. The third-order valence-corrected chi connectivity index (χ3v) is 6.88. The number of amides is 3. The number of halogens is 3. The minimum absolute atomic E-state index is 0.0289. The van der Waals surface area contributed by atoms with Gasteiger partial charge in [-0.25, -0.2) is 4.39 Å². The number of carbonyl (C=O) groups is 3. The van der Waals surface area contributed by atoms with Gasteiger partial charge in [0.1, 0.15) is 17.6 Å². The van der Waals surface area contributed by atoms with Gasteiger partial charge in [0.25, 0.3) is 5.91 Å². The lowest BCUT2D eigenvalue weighted by molar-refractivity contribution is -0.127. The number of nitrogens with zero attached hydrogens (tertiary/aromatic N) is 1. The Morgan fingerprint density at radius 1 is 0.976 bits per heavy atom. The van der Waals surface area contributed by atoms with E-state index in [1.807, 2.05) is 6.07 Å². The Hall–Kier alpha value is -4.26. The molecular weight excluding hydrogens is 568 g/mol. The molecular formula is C30H28Cl2FN5O3. The summed E-state index contributed by atoms with van der Waals surface area (Å²) in [7, 11) is 1.47. The molecule has 0 spiro atoms. The van der Waals surface area contributed by atoms with E-state index < -0.39 is 29.7 Å². The van der Waals surface area contributed by atoms with Gasteiger partial charge in [-0.15, -0.1) is 0 Å². The van der Waals surface area contributed by atoms with E-state index in [4.69, 9.17) is 28.6 Å². The molecule has 3 rings (SSSR count). The maximum absolute atomic E-state index is 13.6. The minimum Gasteiger partial charge on any atom is -0.359 e. The standard InChI is InChI=1S/C30H28Cl2FN5O3/c1-36-28(39)16-24(12-18-6-10-23(33)11-7-18)37-30(41)27(14-20-8-9-22(31)15-25(20)32)38-29(40)26(35)13-19-4-2-3-5-21(19)17-34/h2-11,15,24,27,35H,12-14,16H2,1H3,(H,36,39)(H,37,41)(H,38,40)/t24-,27+/m0/s1. The summed E-state index contributed by atoms with van der Waals surface area (Å²) < 4.78 is 13.4. The first-order valence-electron chi connectivity index (χ1n) is 12.6. The minimum atomic E-state index is -1.17. The van der Waals surface area contributed by atoms with Crippen molar-refractivity contribution in [2.45, 2.75) is 37.8 Å². The molecule has 3 aromatic rings. The van der Waals surface area contributed by atoms with Crippen LogP contribution in [0.15, 0.2) is 66.7 Å². The number of hydrogen-bond acceptors (Lipinski definition) is 5. The van der Waals surface area contributed by atoms with Gasteiger partial charge in [-0.3, -0.25) is 19.8 Å². The summed E-state index contributed by atoms with van der Waals surface area (Å²) in [5, 5.41) is 26.3. The first-order chi connectivity index (χ1) is 19.6. The van der Waals surface area contributed by atoms with E-state index >= 15 is 0 Å². The Kier molecular flexibility index (Phi) is 11.4. The van der Waals surface area contributed by atoms with Crippen LogP contribution in [0.1, 0.15) is 28.7 Å². The molecule has 0 aliphatic carbocycles. The molecule has 0 radical (unpaired) electrons.